The first-order chi connectivity index (χ1) is 11.6. The minimum Gasteiger partial charge on any atom is -0.511 e. The Kier molecular flexibility index (Phi) is 6.41. The first-order valence-corrected chi connectivity index (χ1v) is 8.40. The Hall–Kier alpha value is -2.30. The molecule has 1 fully saturated rings. The Morgan fingerprint density at radius 1 is 1.17 bits per heavy atom. The van der Waals surface area contributed by atoms with E-state index in [2.05, 4.69) is 4.99 Å². The van der Waals surface area contributed by atoms with Crippen molar-refractivity contribution in [2.45, 2.75) is 39.5 Å². The number of rotatable bonds is 6. The molecule has 0 radical (unpaired) electrons. The highest BCUT2D eigenvalue weighted by molar-refractivity contribution is 6.24. The third kappa shape index (κ3) is 4.16. The zero-order valence-corrected chi connectivity index (χ0v) is 14.6. The van der Waals surface area contributed by atoms with Crippen molar-refractivity contribution in [3.8, 4) is 11.5 Å². The standard InChI is InChI=1S/C19H25NO4/c1-4-23-17-10-9-13(12-18(17)24-5-2)11-16(22)19-14(20-3)7-6-8-15(19)21/h9-10,12,22H,4-8,11H2,1-3H3/b19-16-,20-14?. The van der Waals surface area contributed by atoms with Crippen LogP contribution in [0.5, 0.6) is 11.5 Å². The van der Waals surface area contributed by atoms with Gasteiger partial charge in [-0.15, -0.1) is 0 Å². The zero-order valence-electron chi connectivity index (χ0n) is 14.6. The van der Waals surface area contributed by atoms with Crippen molar-refractivity contribution in [2.75, 3.05) is 20.3 Å². The molecule has 24 heavy (non-hydrogen) atoms. The van der Waals surface area contributed by atoms with Crippen LogP contribution in [-0.4, -0.2) is 36.9 Å². The van der Waals surface area contributed by atoms with E-state index < -0.39 is 0 Å². The highest BCUT2D eigenvalue weighted by Gasteiger charge is 2.25. The van der Waals surface area contributed by atoms with Crippen LogP contribution in [0.3, 0.4) is 0 Å². The first-order valence-electron chi connectivity index (χ1n) is 8.40. The lowest BCUT2D eigenvalue weighted by atomic mass is 9.89. The number of allylic oxidation sites excluding steroid dienone is 2. The number of aliphatic hydroxyl groups is 1. The van der Waals surface area contributed by atoms with Crippen molar-refractivity contribution in [3.05, 3.63) is 35.1 Å². The number of nitrogens with zero attached hydrogens (tertiary/aromatic N) is 1. The van der Waals surface area contributed by atoms with Crippen molar-refractivity contribution in [2.24, 2.45) is 4.99 Å². The van der Waals surface area contributed by atoms with Gasteiger partial charge in [-0.1, -0.05) is 6.07 Å². The summed E-state index contributed by atoms with van der Waals surface area (Å²) in [4.78, 5) is 16.3. The maximum atomic E-state index is 12.2. The Morgan fingerprint density at radius 2 is 1.88 bits per heavy atom. The lowest BCUT2D eigenvalue weighted by molar-refractivity contribution is -0.115. The summed E-state index contributed by atoms with van der Waals surface area (Å²) < 4.78 is 11.2. The molecule has 1 aromatic rings. The summed E-state index contributed by atoms with van der Waals surface area (Å²) in [5.41, 5.74) is 1.94. The molecule has 0 spiro atoms. The fraction of sp³-hybridized carbons (Fsp3) is 0.474. The van der Waals surface area contributed by atoms with Gasteiger partial charge in [0, 0.05) is 25.6 Å². The smallest absolute Gasteiger partial charge is 0.168 e. The SMILES string of the molecule is CCOc1ccc(C/C(O)=C2/C(=O)CCCC2=NC)cc1OCC. The van der Waals surface area contributed by atoms with E-state index in [4.69, 9.17) is 9.47 Å². The van der Waals surface area contributed by atoms with Gasteiger partial charge in [0.15, 0.2) is 17.3 Å². The molecule has 0 aliphatic heterocycles. The van der Waals surface area contributed by atoms with E-state index >= 15 is 0 Å². The van der Waals surface area contributed by atoms with Gasteiger partial charge in [0.1, 0.15) is 5.76 Å². The Balaban J connectivity index is 2.30. The zero-order chi connectivity index (χ0) is 17.5. The van der Waals surface area contributed by atoms with Gasteiger partial charge in [-0.2, -0.15) is 0 Å². The number of aliphatic hydroxyl groups excluding tert-OH is 1. The third-order valence-electron chi connectivity index (χ3n) is 3.92. The maximum Gasteiger partial charge on any atom is 0.168 e. The quantitative estimate of drug-likeness (QED) is 0.638. The predicted molar refractivity (Wildman–Crippen MR) is 94.4 cm³/mol. The topological polar surface area (TPSA) is 68.1 Å². The summed E-state index contributed by atoms with van der Waals surface area (Å²) in [5.74, 6) is 1.37. The summed E-state index contributed by atoms with van der Waals surface area (Å²) in [6.45, 7) is 4.91. The van der Waals surface area contributed by atoms with Crippen molar-refractivity contribution in [3.63, 3.8) is 0 Å². The molecule has 1 N–H and O–H groups in total. The van der Waals surface area contributed by atoms with Crippen molar-refractivity contribution in [1.29, 1.82) is 0 Å². The molecule has 0 aromatic heterocycles. The molecule has 1 aromatic carbocycles. The van der Waals surface area contributed by atoms with Gasteiger partial charge in [-0.25, -0.2) is 0 Å². The molecule has 0 atom stereocenters. The van der Waals surface area contributed by atoms with Crippen molar-refractivity contribution >= 4 is 11.5 Å². The van der Waals surface area contributed by atoms with Crippen LogP contribution in [-0.2, 0) is 11.2 Å². The van der Waals surface area contributed by atoms with Crippen LogP contribution >= 0.6 is 0 Å². The van der Waals surface area contributed by atoms with Gasteiger partial charge in [-0.3, -0.25) is 9.79 Å². The van der Waals surface area contributed by atoms with E-state index in [1.54, 1.807) is 7.05 Å². The second-order valence-electron chi connectivity index (χ2n) is 5.59. The molecular formula is C19H25NO4. The second kappa shape index (κ2) is 8.52. The number of Topliss-reactive ketones (excluding diaryl/α,β-unsaturated/α-hetero) is 1. The number of aliphatic imine (C=N–C) groups is 1. The molecule has 0 bridgehead atoms. The summed E-state index contributed by atoms with van der Waals surface area (Å²) in [6.07, 6.45) is 2.26. The molecule has 0 amide bonds. The molecule has 5 heteroatoms. The molecule has 5 nitrogen and oxygen atoms in total. The van der Waals surface area contributed by atoms with Crippen LogP contribution in [0.2, 0.25) is 0 Å². The van der Waals surface area contributed by atoms with E-state index in [9.17, 15) is 9.90 Å². The highest BCUT2D eigenvalue weighted by Crippen LogP contribution is 2.30. The van der Waals surface area contributed by atoms with E-state index in [1.807, 2.05) is 32.0 Å². The van der Waals surface area contributed by atoms with E-state index in [1.165, 1.54) is 0 Å². The third-order valence-corrected chi connectivity index (χ3v) is 3.92. The van der Waals surface area contributed by atoms with Crippen LogP contribution in [0, 0.1) is 0 Å². The minimum atomic E-state index is -0.0321. The van der Waals surface area contributed by atoms with Gasteiger partial charge in [0.05, 0.1) is 18.8 Å². The van der Waals surface area contributed by atoms with Crippen LogP contribution in [0.25, 0.3) is 0 Å². The fourth-order valence-corrected chi connectivity index (χ4v) is 2.87. The number of ether oxygens (including phenoxy) is 2. The average molecular weight is 331 g/mol. The van der Waals surface area contributed by atoms with Crippen LogP contribution in [0.15, 0.2) is 34.5 Å². The lowest BCUT2D eigenvalue weighted by Gasteiger charge is -2.18. The van der Waals surface area contributed by atoms with Crippen molar-refractivity contribution in [1.82, 2.24) is 0 Å². The number of carbonyl (C=O) groups is 1. The van der Waals surface area contributed by atoms with Gasteiger partial charge in [0.2, 0.25) is 0 Å². The summed E-state index contributed by atoms with van der Waals surface area (Å²) in [5, 5.41) is 10.5. The summed E-state index contributed by atoms with van der Waals surface area (Å²) >= 11 is 0. The summed E-state index contributed by atoms with van der Waals surface area (Å²) in [7, 11) is 1.66. The number of carbonyl (C=O) groups excluding carboxylic acids is 1. The van der Waals surface area contributed by atoms with Crippen LogP contribution in [0.4, 0.5) is 0 Å². The van der Waals surface area contributed by atoms with Gasteiger partial charge >= 0.3 is 0 Å². The first kappa shape index (κ1) is 18.0. The maximum absolute atomic E-state index is 12.2. The second-order valence-corrected chi connectivity index (χ2v) is 5.59. The molecule has 2 rings (SSSR count). The number of hydrogen-bond donors (Lipinski definition) is 1. The Labute approximate surface area is 143 Å². The Morgan fingerprint density at radius 3 is 2.54 bits per heavy atom. The molecule has 130 valence electrons. The van der Waals surface area contributed by atoms with E-state index in [-0.39, 0.29) is 18.0 Å². The molecule has 0 unspecified atom stereocenters. The number of benzene rings is 1. The lowest BCUT2D eigenvalue weighted by Crippen LogP contribution is -2.21. The molecular weight excluding hydrogens is 306 g/mol. The monoisotopic (exact) mass is 331 g/mol. The fourth-order valence-electron chi connectivity index (χ4n) is 2.87. The molecule has 0 saturated heterocycles. The van der Waals surface area contributed by atoms with Gasteiger partial charge in [0.25, 0.3) is 0 Å². The normalized spacial score (nSPS) is 18.6. The largest absolute Gasteiger partial charge is 0.511 e. The molecule has 1 aliphatic carbocycles. The average Bonchev–Trinajstić information content (AvgIpc) is 2.57. The molecule has 0 heterocycles. The van der Waals surface area contributed by atoms with Gasteiger partial charge < -0.3 is 14.6 Å². The van der Waals surface area contributed by atoms with Crippen LogP contribution < -0.4 is 9.47 Å². The van der Waals surface area contributed by atoms with Crippen molar-refractivity contribution < 1.29 is 19.4 Å². The minimum absolute atomic E-state index is 0.0321. The Bertz CT molecular complexity index is 661. The molecule has 1 aliphatic rings. The van der Waals surface area contributed by atoms with E-state index in [0.717, 1.165) is 18.4 Å². The van der Waals surface area contributed by atoms with Gasteiger partial charge in [-0.05, 0) is 44.4 Å². The number of ketones is 1. The molecule has 1 saturated carbocycles. The van der Waals surface area contributed by atoms with E-state index in [0.29, 0.717) is 42.4 Å². The van der Waals surface area contributed by atoms with Crippen LogP contribution in [0.1, 0.15) is 38.7 Å². The summed E-state index contributed by atoms with van der Waals surface area (Å²) in [6, 6.07) is 5.56. The highest BCUT2D eigenvalue weighted by atomic mass is 16.5. The predicted octanol–water partition coefficient (Wildman–Crippen LogP) is 3.66. The number of hydrogen-bond acceptors (Lipinski definition) is 5.